The molecule has 2 N–H and O–H groups in total. The van der Waals surface area contributed by atoms with E-state index in [0.29, 0.717) is 17.1 Å². The molecular formula is C22H21F3N6O2. The molecule has 0 atom stereocenters. The Kier molecular flexibility index (Phi) is 5.20. The summed E-state index contributed by atoms with van der Waals surface area (Å²) in [5.74, 6) is -0.0395. The molecule has 0 amide bonds. The number of likely N-dealkylation sites (tertiary alicyclic amines) is 1. The molecule has 1 aliphatic rings. The van der Waals surface area contributed by atoms with Crippen molar-refractivity contribution in [2.45, 2.75) is 25.2 Å². The second-order valence-electron chi connectivity index (χ2n) is 8.10. The number of fused-ring (bicyclic) bond motifs is 1. The fourth-order valence-corrected chi connectivity index (χ4v) is 3.97. The number of hydrogen-bond donors (Lipinski definition) is 1. The Bertz CT molecular complexity index is 1290. The first-order chi connectivity index (χ1) is 15.7. The molecule has 0 unspecified atom stereocenters. The van der Waals surface area contributed by atoms with Crippen molar-refractivity contribution in [1.29, 1.82) is 0 Å². The summed E-state index contributed by atoms with van der Waals surface area (Å²) in [5, 5.41) is 4.53. The summed E-state index contributed by atoms with van der Waals surface area (Å²) < 4.78 is 49.1. The first-order valence-corrected chi connectivity index (χ1v) is 10.4. The molecule has 0 bridgehead atoms. The average Bonchev–Trinajstić information content (AvgIpc) is 3.41. The first-order valence-electron chi connectivity index (χ1n) is 10.4. The predicted octanol–water partition coefficient (Wildman–Crippen LogP) is 4.50. The lowest BCUT2D eigenvalue weighted by Crippen LogP contribution is -2.31. The molecule has 11 heteroatoms. The van der Waals surface area contributed by atoms with E-state index >= 15 is 0 Å². The number of oxazole rings is 1. The molecule has 0 spiro atoms. The largest absolute Gasteiger partial charge is 0.573 e. The minimum atomic E-state index is -4.79. The predicted molar refractivity (Wildman–Crippen MR) is 115 cm³/mol. The van der Waals surface area contributed by atoms with Gasteiger partial charge in [-0.3, -0.25) is 4.68 Å². The van der Waals surface area contributed by atoms with Gasteiger partial charge in [-0.1, -0.05) is 0 Å². The van der Waals surface area contributed by atoms with Crippen LogP contribution >= 0.6 is 0 Å². The summed E-state index contributed by atoms with van der Waals surface area (Å²) >= 11 is 0. The third kappa shape index (κ3) is 4.49. The molecule has 4 aromatic rings. The van der Waals surface area contributed by atoms with E-state index in [9.17, 15) is 13.2 Å². The Morgan fingerprint density at radius 1 is 1.12 bits per heavy atom. The summed E-state index contributed by atoms with van der Waals surface area (Å²) in [6, 6.07) is 5.84. The van der Waals surface area contributed by atoms with Crippen LogP contribution in [-0.4, -0.2) is 51.1 Å². The maximum atomic E-state index is 12.5. The minimum absolute atomic E-state index is 0.145. The van der Waals surface area contributed by atoms with E-state index in [4.69, 9.17) is 10.2 Å². The molecule has 0 aliphatic carbocycles. The molecular weight excluding hydrogens is 437 g/mol. The van der Waals surface area contributed by atoms with Crippen LogP contribution < -0.4 is 10.5 Å². The van der Waals surface area contributed by atoms with Gasteiger partial charge in [-0.15, -0.1) is 13.2 Å². The molecule has 8 nitrogen and oxygen atoms in total. The quantitative estimate of drug-likeness (QED) is 0.481. The fraction of sp³-hybridized carbons (Fsp3) is 0.318. The van der Waals surface area contributed by atoms with Crippen molar-refractivity contribution in [2.75, 3.05) is 25.9 Å². The molecule has 0 saturated carbocycles. The molecule has 1 aliphatic heterocycles. The van der Waals surface area contributed by atoms with E-state index in [0.717, 1.165) is 43.1 Å². The third-order valence-electron chi connectivity index (χ3n) is 5.74. The van der Waals surface area contributed by atoms with E-state index in [-0.39, 0.29) is 23.0 Å². The molecule has 1 saturated heterocycles. The molecule has 3 aromatic heterocycles. The zero-order chi connectivity index (χ0) is 23.2. The van der Waals surface area contributed by atoms with E-state index in [1.165, 1.54) is 12.1 Å². The van der Waals surface area contributed by atoms with Gasteiger partial charge in [0, 0.05) is 29.6 Å². The SMILES string of the molecule is CN1CCC(n2cc(-c3cnc(N)c(-c4nc5ccc(OC(F)(F)F)cc5o4)c3)cn2)CC1. The number of aromatic nitrogens is 4. The van der Waals surface area contributed by atoms with Crippen molar-refractivity contribution in [1.82, 2.24) is 24.6 Å². The molecule has 33 heavy (non-hydrogen) atoms. The number of nitrogen functional groups attached to an aromatic ring is 1. The zero-order valence-corrected chi connectivity index (χ0v) is 17.7. The Morgan fingerprint density at radius 3 is 2.67 bits per heavy atom. The monoisotopic (exact) mass is 458 g/mol. The number of hydrogen-bond acceptors (Lipinski definition) is 7. The summed E-state index contributed by atoms with van der Waals surface area (Å²) in [4.78, 5) is 10.9. The van der Waals surface area contributed by atoms with E-state index < -0.39 is 6.36 Å². The highest BCUT2D eigenvalue weighted by atomic mass is 19.4. The van der Waals surface area contributed by atoms with Crippen molar-refractivity contribution in [3.63, 3.8) is 0 Å². The first kappa shape index (κ1) is 21.3. The maximum absolute atomic E-state index is 12.5. The number of rotatable bonds is 4. The van der Waals surface area contributed by atoms with Crippen LogP contribution in [0.2, 0.25) is 0 Å². The van der Waals surface area contributed by atoms with Crippen molar-refractivity contribution in [3.8, 4) is 28.3 Å². The van der Waals surface area contributed by atoms with E-state index in [1.807, 2.05) is 10.9 Å². The molecule has 0 radical (unpaired) electrons. The Hall–Kier alpha value is -3.60. The van der Waals surface area contributed by atoms with Crippen LogP contribution in [0.1, 0.15) is 18.9 Å². The lowest BCUT2D eigenvalue weighted by Gasteiger charge is -2.28. The highest BCUT2D eigenvalue weighted by Crippen LogP contribution is 2.34. The normalized spacial score (nSPS) is 15.9. The number of pyridine rings is 1. The fourth-order valence-electron chi connectivity index (χ4n) is 3.97. The number of anilines is 1. The highest BCUT2D eigenvalue weighted by Gasteiger charge is 2.31. The molecule has 1 fully saturated rings. The minimum Gasteiger partial charge on any atom is -0.436 e. The Balaban J connectivity index is 1.44. The zero-order valence-electron chi connectivity index (χ0n) is 17.7. The smallest absolute Gasteiger partial charge is 0.436 e. The van der Waals surface area contributed by atoms with Gasteiger partial charge >= 0.3 is 6.36 Å². The van der Waals surface area contributed by atoms with E-state index in [2.05, 4.69) is 31.8 Å². The van der Waals surface area contributed by atoms with E-state index in [1.54, 1.807) is 18.5 Å². The van der Waals surface area contributed by atoms with Gasteiger partial charge in [-0.25, -0.2) is 9.97 Å². The van der Waals surface area contributed by atoms with Gasteiger partial charge in [0.25, 0.3) is 0 Å². The second kappa shape index (κ2) is 8.07. The van der Waals surface area contributed by atoms with Gasteiger partial charge in [-0.05, 0) is 51.2 Å². The number of nitrogens with zero attached hydrogens (tertiary/aromatic N) is 5. The van der Waals surface area contributed by atoms with Crippen LogP contribution in [0.4, 0.5) is 19.0 Å². The third-order valence-corrected chi connectivity index (χ3v) is 5.74. The van der Waals surface area contributed by atoms with Crippen molar-refractivity contribution < 1.29 is 22.3 Å². The van der Waals surface area contributed by atoms with Gasteiger partial charge < -0.3 is 19.8 Å². The van der Waals surface area contributed by atoms with Gasteiger partial charge in [0.1, 0.15) is 17.1 Å². The van der Waals surface area contributed by atoms with Crippen LogP contribution in [0.25, 0.3) is 33.7 Å². The van der Waals surface area contributed by atoms with Crippen LogP contribution in [-0.2, 0) is 0 Å². The number of ether oxygens (including phenoxy) is 1. The van der Waals surface area contributed by atoms with Gasteiger partial charge in [0.05, 0.1) is 17.8 Å². The number of benzene rings is 1. The standard InChI is InChI=1S/C22H21F3N6O2/c1-30-6-4-15(5-7-30)31-12-14(11-28-31)13-8-17(20(26)27-10-13)21-29-18-3-2-16(9-19(18)32-21)33-22(23,24)25/h2-3,8-12,15H,4-7H2,1H3,(H2,26,27). The van der Waals surface area contributed by atoms with Crippen molar-refractivity contribution in [2.24, 2.45) is 0 Å². The molecule has 172 valence electrons. The summed E-state index contributed by atoms with van der Waals surface area (Å²) in [5.41, 5.74) is 8.67. The number of piperidine rings is 1. The van der Waals surface area contributed by atoms with Crippen molar-refractivity contribution in [3.05, 3.63) is 42.9 Å². The Labute approximate surface area is 186 Å². The van der Waals surface area contributed by atoms with Gasteiger partial charge in [-0.2, -0.15) is 5.10 Å². The average molecular weight is 458 g/mol. The summed E-state index contributed by atoms with van der Waals surface area (Å²) in [6.07, 6.45) is 2.68. The lowest BCUT2D eigenvalue weighted by atomic mass is 10.1. The lowest BCUT2D eigenvalue weighted by molar-refractivity contribution is -0.274. The van der Waals surface area contributed by atoms with Crippen LogP contribution in [0.15, 0.2) is 47.3 Å². The topological polar surface area (TPSA) is 95.2 Å². The molecule has 1 aromatic carbocycles. The van der Waals surface area contributed by atoms with Crippen LogP contribution in [0.5, 0.6) is 5.75 Å². The number of alkyl halides is 3. The van der Waals surface area contributed by atoms with Gasteiger partial charge in [0.2, 0.25) is 5.89 Å². The highest BCUT2D eigenvalue weighted by molar-refractivity contribution is 5.81. The van der Waals surface area contributed by atoms with Crippen molar-refractivity contribution >= 4 is 16.9 Å². The number of halogens is 3. The Morgan fingerprint density at radius 2 is 1.91 bits per heavy atom. The second-order valence-corrected chi connectivity index (χ2v) is 8.10. The van der Waals surface area contributed by atoms with Gasteiger partial charge in [0.15, 0.2) is 5.58 Å². The summed E-state index contributed by atoms with van der Waals surface area (Å²) in [6.45, 7) is 2.06. The van der Waals surface area contributed by atoms with Crippen LogP contribution in [0.3, 0.4) is 0 Å². The summed E-state index contributed by atoms with van der Waals surface area (Å²) in [7, 11) is 2.11. The van der Waals surface area contributed by atoms with Crippen LogP contribution in [0, 0.1) is 0 Å². The molecule has 4 heterocycles. The molecule has 5 rings (SSSR count). The maximum Gasteiger partial charge on any atom is 0.573 e. The number of nitrogens with two attached hydrogens (primary N) is 1.